The quantitative estimate of drug-likeness (QED) is 0.766. The largest absolute Gasteiger partial charge is 0.468 e. The third kappa shape index (κ3) is 1.82. The number of carbonyl (C=O) groups excluding carboxylic acids is 1. The van der Waals surface area contributed by atoms with Crippen LogP contribution in [0.3, 0.4) is 0 Å². The number of rotatable bonds is 1. The zero-order valence-corrected chi connectivity index (χ0v) is 16.3. The molecule has 28 heavy (non-hydrogen) atoms. The molecule has 4 aliphatic rings. The summed E-state index contributed by atoms with van der Waals surface area (Å²) in [5, 5.41) is 12.5. The molecule has 6 heteroatoms. The van der Waals surface area contributed by atoms with E-state index in [4.69, 9.17) is 9.47 Å². The zero-order valence-electron chi connectivity index (χ0n) is 16.3. The van der Waals surface area contributed by atoms with Crippen molar-refractivity contribution >= 4 is 16.9 Å². The van der Waals surface area contributed by atoms with Gasteiger partial charge >= 0.3 is 5.97 Å². The van der Waals surface area contributed by atoms with Crippen LogP contribution in [0.1, 0.15) is 37.3 Å². The van der Waals surface area contributed by atoms with Gasteiger partial charge in [0.25, 0.3) is 0 Å². The number of aliphatic hydroxyl groups excluding tert-OH is 1. The van der Waals surface area contributed by atoms with E-state index >= 15 is 0 Å². The van der Waals surface area contributed by atoms with Crippen molar-refractivity contribution in [1.29, 1.82) is 0 Å². The van der Waals surface area contributed by atoms with Gasteiger partial charge in [0, 0.05) is 35.5 Å². The maximum atomic E-state index is 13.5. The van der Waals surface area contributed by atoms with Crippen molar-refractivity contribution in [1.82, 2.24) is 9.47 Å². The van der Waals surface area contributed by atoms with Crippen molar-refractivity contribution in [2.45, 2.75) is 50.0 Å². The lowest BCUT2D eigenvalue weighted by Gasteiger charge is -2.58. The zero-order chi connectivity index (χ0) is 19.2. The first-order valence-corrected chi connectivity index (χ1v) is 10.3. The molecule has 1 saturated carbocycles. The maximum Gasteiger partial charge on any atom is 0.319 e. The SMILES string of the molecule is COC(=O)C12CC3CC4C(C)OCN(CCc5c1n(c1ccccc51)C3O)C42. The Morgan fingerprint density at radius 1 is 1.36 bits per heavy atom. The smallest absolute Gasteiger partial charge is 0.319 e. The molecule has 2 fully saturated rings. The molecule has 6 unspecified atom stereocenters. The van der Waals surface area contributed by atoms with Gasteiger partial charge in [-0.25, -0.2) is 0 Å². The van der Waals surface area contributed by atoms with E-state index < -0.39 is 11.6 Å². The molecule has 0 radical (unpaired) electrons. The van der Waals surface area contributed by atoms with Crippen molar-refractivity contribution in [3.8, 4) is 0 Å². The molecule has 1 aliphatic carbocycles. The molecule has 6 nitrogen and oxygen atoms in total. The molecule has 2 aromatic rings. The van der Waals surface area contributed by atoms with Gasteiger partial charge in [0.15, 0.2) is 0 Å². The lowest BCUT2D eigenvalue weighted by molar-refractivity contribution is -0.197. The summed E-state index contributed by atoms with van der Waals surface area (Å²) in [6.07, 6.45) is 1.81. The molecule has 3 aliphatic heterocycles. The number of fused-ring (bicyclic) bond motifs is 4. The number of carbonyl (C=O) groups is 1. The lowest BCUT2D eigenvalue weighted by Crippen LogP contribution is -2.68. The lowest BCUT2D eigenvalue weighted by atomic mass is 9.56. The van der Waals surface area contributed by atoms with Crippen molar-refractivity contribution in [3.05, 3.63) is 35.5 Å². The second-order valence-corrected chi connectivity index (χ2v) is 8.96. The van der Waals surface area contributed by atoms with Crippen LogP contribution < -0.4 is 0 Å². The van der Waals surface area contributed by atoms with E-state index in [0.29, 0.717) is 13.2 Å². The van der Waals surface area contributed by atoms with Gasteiger partial charge in [-0.2, -0.15) is 0 Å². The van der Waals surface area contributed by atoms with Gasteiger partial charge in [-0.05, 0) is 37.8 Å². The van der Waals surface area contributed by atoms with Gasteiger partial charge in [-0.1, -0.05) is 18.2 Å². The Bertz CT molecular complexity index is 984. The maximum absolute atomic E-state index is 13.5. The third-order valence-electron chi connectivity index (χ3n) is 7.89. The Labute approximate surface area is 164 Å². The number of hydrogen-bond donors (Lipinski definition) is 1. The Morgan fingerprint density at radius 3 is 3.00 bits per heavy atom. The van der Waals surface area contributed by atoms with Gasteiger partial charge in [-0.15, -0.1) is 0 Å². The first-order chi connectivity index (χ1) is 13.6. The number of hydrogen-bond acceptors (Lipinski definition) is 5. The normalized spacial score (nSPS) is 38.9. The Hall–Kier alpha value is -1.89. The monoisotopic (exact) mass is 382 g/mol. The Kier molecular flexibility index (Phi) is 3.39. The minimum Gasteiger partial charge on any atom is -0.468 e. The van der Waals surface area contributed by atoms with Crippen LogP contribution in [0, 0.1) is 11.8 Å². The van der Waals surface area contributed by atoms with Crippen LogP contribution in [0.25, 0.3) is 10.9 Å². The van der Waals surface area contributed by atoms with Crippen LogP contribution in [0.2, 0.25) is 0 Å². The van der Waals surface area contributed by atoms with Crippen LogP contribution in [-0.2, 0) is 26.1 Å². The summed E-state index contributed by atoms with van der Waals surface area (Å²) in [4.78, 5) is 15.9. The van der Waals surface area contributed by atoms with Crippen LogP contribution in [-0.4, -0.2) is 53.1 Å². The summed E-state index contributed by atoms with van der Waals surface area (Å²) in [6, 6.07) is 8.30. The first-order valence-electron chi connectivity index (χ1n) is 10.3. The van der Waals surface area contributed by atoms with Crippen LogP contribution in [0.4, 0.5) is 0 Å². The number of ether oxygens (including phenoxy) is 2. The van der Waals surface area contributed by atoms with Gasteiger partial charge in [0.1, 0.15) is 11.6 Å². The van der Waals surface area contributed by atoms with E-state index in [-0.39, 0.29) is 30.0 Å². The minimum atomic E-state index is -0.746. The molecule has 6 rings (SSSR count). The van der Waals surface area contributed by atoms with E-state index in [2.05, 4.69) is 28.5 Å². The average Bonchev–Trinajstić information content (AvgIpc) is 2.97. The molecular weight excluding hydrogens is 356 g/mol. The number of para-hydroxylation sites is 1. The highest BCUT2D eigenvalue weighted by atomic mass is 16.5. The molecule has 148 valence electrons. The number of benzene rings is 1. The van der Waals surface area contributed by atoms with Crippen LogP contribution >= 0.6 is 0 Å². The van der Waals surface area contributed by atoms with Gasteiger partial charge in [0.2, 0.25) is 0 Å². The van der Waals surface area contributed by atoms with Crippen LogP contribution in [0.5, 0.6) is 0 Å². The molecule has 1 aromatic carbocycles. The second-order valence-electron chi connectivity index (χ2n) is 8.96. The van der Waals surface area contributed by atoms with Gasteiger partial charge in [-0.3, -0.25) is 9.69 Å². The summed E-state index contributed by atoms with van der Waals surface area (Å²) in [7, 11) is 1.50. The summed E-state index contributed by atoms with van der Waals surface area (Å²) in [5.74, 6) is 0.0602. The number of aliphatic hydroxyl groups is 1. The van der Waals surface area contributed by atoms with Gasteiger partial charge < -0.3 is 19.1 Å². The average molecular weight is 382 g/mol. The van der Waals surface area contributed by atoms with Crippen LogP contribution in [0.15, 0.2) is 24.3 Å². The predicted octanol–water partition coefficient (Wildman–Crippen LogP) is 2.19. The molecule has 4 heterocycles. The topological polar surface area (TPSA) is 63.9 Å². The number of aromatic nitrogens is 1. The standard InChI is InChI=1S/C22H26N2O4/c1-12-16-9-13-10-22(21(26)27-2)18(16)23(11-28-12)8-7-15-14-5-3-4-6-17(14)24(19(15)22)20(13)25/h3-6,12-13,16,18,20,25H,7-11H2,1-2H3. The van der Waals surface area contributed by atoms with E-state index in [1.54, 1.807) is 0 Å². The van der Waals surface area contributed by atoms with Gasteiger partial charge in [0.05, 0.1) is 25.5 Å². The minimum absolute atomic E-state index is 0.0145. The molecular formula is C22H26N2O4. The molecule has 0 amide bonds. The van der Waals surface area contributed by atoms with Crippen molar-refractivity contribution in [3.63, 3.8) is 0 Å². The van der Waals surface area contributed by atoms with Crippen molar-refractivity contribution in [2.75, 3.05) is 20.4 Å². The highest BCUT2D eigenvalue weighted by Gasteiger charge is 2.65. The fourth-order valence-corrected chi connectivity index (χ4v) is 6.87. The Morgan fingerprint density at radius 2 is 2.18 bits per heavy atom. The molecule has 6 atom stereocenters. The predicted molar refractivity (Wildman–Crippen MR) is 103 cm³/mol. The molecule has 2 bridgehead atoms. The highest BCUT2D eigenvalue weighted by molar-refractivity contribution is 5.93. The second kappa shape index (κ2) is 5.59. The highest BCUT2D eigenvalue weighted by Crippen LogP contribution is 2.59. The summed E-state index contributed by atoms with van der Waals surface area (Å²) in [6.45, 7) is 3.52. The van der Waals surface area contributed by atoms with Crippen molar-refractivity contribution < 1.29 is 19.4 Å². The van der Waals surface area contributed by atoms with E-state index in [9.17, 15) is 9.90 Å². The van der Waals surface area contributed by atoms with E-state index in [1.165, 1.54) is 12.7 Å². The molecule has 1 N–H and O–H groups in total. The number of methoxy groups -OCH3 is 1. The summed E-state index contributed by atoms with van der Waals surface area (Å²) < 4.78 is 13.6. The molecule has 1 saturated heterocycles. The van der Waals surface area contributed by atoms with E-state index in [0.717, 1.165) is 36.0 Å². The summed E-state index contributed by atoms with van der Waals surface area (Å²) in [5.41, 5.74) is 2.48. The summed E-state index contributed by atoms with van der Waals surface area (Å²) >= 11 is 0. The number of esters is 1. The fourth-order valence-electron chi connectivity index (χ4n) is 6.87. The Balaban J connectivity index is 1.74. The molecule has 0 spiro atoms. The fraction of sp³-hybridized carbons (Fsp3) is 0.591. The number of nitrogens with zero attached hydrogens (tertiary/aromatic N) is 2. The third-order valence-corrected chi connectivity index (χ3v) is 7.89. The van der Waals surface area contributed by atoms with Crippen molar-refractivity contribution in [2.24, 2.45) is 11.8 Å². The van der Waals surface area contributed by atoms with E-state index in [1.807, 2.05) is 12.1 Å². The molecule has 1 aromatic heterocycles. The first kappa shape index (κ1) is 17.0.